The number of ether oxygens (including phenoxy) is 1. The van der Waals surface area contributed by atoms with Crippen molar-refractivity contribution < 1.29 is 24.5 Å². The molecule has 0 saturated heterocycles. The number of aliphatic hydroxyl groups is 1. The minimum absolute atomic E-state index is 0.0292. The Labute approximate surface area is 162 Å². The third-order valence-electron chi connectivity index (χ3n) is 5.11. The van der Waals surface area contributed by atoms with Crippen molar-refractivity contribution in [2.75, 3.05) is 6.61 Å². The van der Waals surface area contributed by atoms with Crippen LogP contribution in [0.25, 0.3) is 10.6 Å². The molecule has 1 aliphatic rings. The molecule has 3 unspecified atom stereocenters. The number of nitrogens with zero attached hydrogens (tertiary/aromatic N) is 1. The van der Waals surface area contributed by atoms with Crippen LogP contribution >= 0.6 is 11.3 Å². The zero-order valence-electron chi connectivity index (χ0n) is 15.3. The van der Waals surface area contributed by atoms with Gasteiger partial charge in [-0.05, 0) is 56.2 Å². The summed E-state index contributed by atoms with van der Waals surface area (Å²) in [5.74, 6) is -1.64. The molecule has 6 nitrogen and oxygen atoms in total. The molecular weight excluding hydrogens is 366 g/mol. The first-order valence-corrected chi connectivity index (χ1v) is 10.2. The molecule has 2 aromatic heterocycles. The van der Waals surface area contributed by atoms with E-state index in [1.54, 1.807) is 18.3 Å². The fourth-order valence-corrected chi connectivity index (χ4v) is 4.62. The lowest BCUT2D eigenvalue weighted by Crippen LogP contribution is -2.37. The predicted octanol–water partition coefficient (Wildman–Crippen LogP) is 3.50. The van der Waals surface area contributed by atoms with Gasteiger partial charge in [0.05, 0.1) is 35.6 Å². The smallest absolute Gasteiger partial charge is 0.311 e. The fraction of sp³-hybridized carbons (Fsp3) is 0.500. The van der Waals surface area contributed by atoms with E-state index in [-0.39, 0.29) is 18.4 Å². The van der Waals surface area contributed by atoms with Gasteiger partial charge in [0.25, 0.3) is 0 Å². The minimum atomic E-state index is -0.827. The Hall–Kier alpha value is -2.12. The quantitative estimate of drug-likeness (QED) is 0.705. The van der Waals surface area contributed by atoms with E-state index >= 15 is 0 Å². The molecule has 3 rings (SSSR count). The second kappa shape index (κ2) is 8.71. The minimum Gasteiger partial charge on any atom is -0.481 e. The van der Waals surface area contributed by atoms with Crippen molar-refractivity contribution in [3.8, 4) is 10.6 Å². The first-order chi connectivity index (χ1) is 13.0. The second-order valence-corrected chi connectivity index (χ2v) is 7.79. The van der Waals surface area contributed by atoms with Crippen LogP contribution in [0.2, 0.25) is 0 Å². The molecule has 0 bridgehead atoms. The molecule has 0 radical (unpaired) electrons. The lowest BCUT2D eigenvalue weighted by Gasteiger charge is -2.34. The van der Waals surface area contributed by atoms with Crippen molar-refractivity contribution in [1.82, 2.24) is 4.57 Å². The fourth-order valence-electron chi connectivity index (χ4n) is 3.87. The van der Waals surface area contributed by atoms with Gasteiger partial charge < -0.3 is 19.5 Å². The first-order valence-electron chi connectivity index (χ1n) is 9.31. The molecule has 0 amide bonds. The number of esters is 1. The molecule has 1 saturated carbocycles. The standard InChI is InChI=1S/C20H25NO5S/c1-2-26-20(25)15-8-5-14(12-17(15)22)21-13(7-10-19(23)24)6-9-16(21)18-4-3-11-27-18/h3-4,6,9,11,14-15,17,22H,2,5,7-8,10,12H2,1H3,(H,23,24). The average molecular weight is 391 g/mol. The van der Waals surface area contributed by atoms with E-state index in [1.807, 2.05) is 29.6 Å². The van der Waals surface area contributed by atoms with Gasteiger partial charge in [0.1, 0.15) is 0 Å². The number of hydrogen-bond acceptors (Lipinski definition) is 5. The highest BCUT2D eigenvalue weighted by Gasteiger charge is 2.36. The van der Waals surface area contributed by atoms with Crippen LogP contribution in [0.3, 0.4) is 0 Å². The number of carbonyl (C=O) groups excluding carboxylic acids is 1. The van der Waals surface area contributed by atoms with Crippen LogP contribution in [0.5, 0.6) is 0 Å². The zero-order chi connectivity index (χ0) is 19.4. The Balaban J connectivity index is 1.85. The van der Waals surface area contributed by atoms with Crippen molar-refractivity contribution in [1.29, 1.82) is 0 Å². The molecule has 0 aromatic carbocycles. The Morgan fingerprint density at radius 3 is 2.74 bits per heavy atom. The normalized spacial score (nSPS) is 22.5. The van der Waals surface area contributed by atoms with Crippen LogP contribution in [-0.2, 0) is 20.7 Å². The molecule has 1 fully saturated rings. The maximum atomic E-state index is 12.0. The van der Waals surface area contributed by atoms with Crippen molar-refractivity contribution in [2.45, 2.75) is 51.2 Å². The number of carboxylic acids is 1. The van der Waals surface area contributed by atoms with Gasteiger partial charge in [-0.25, -0.2) is 0 Å². The van der Waals surface area contributed by atoms with Gasteiger partial charge in [-0.1, -0.05) is 6.07 Å². The molecule has 2 heterocycles. The SMILES string of the molecule is CCOC(=O)C1CCC(n2c(CCC(=O)O)ccc2-c2cccs2)CC1O. The summed E-state index contributed by atoms with van der Waals surface area (Å²) in [6.45, 7) is 2.07. The monoisotopic (exact) mass is 391 g/mol. The van der Waals surface area contributed by atoms with Crippen molar-refractivity contribution in [3.63, 3.8) is 0 Å². The number of rotatable bonds is 7. The molecule has 27 heavy (non-hydrogen) atoms. The van der Waals surface area contributed by atoms with Crippen LogP contribution in [-0.4, -0.2) is 39.4 Å². The lowest BCUT2D eigenvalue weighted by molar-refractivity contribution is -0.154. The van der Waals surface area contributed by atoms with Crippen LogP contribution in [0, 0.1) is 5.92 Å². The van der Waals surface area contributed by atoms with Crippen LogP contribution in [0.4, 0.5) is 0 Å². The Morgan fingerprint density at radius 2 is 2.11 bits per heavy atom. The predicted molar refractivity (Wildman–Crippen MR) is 103 cm³/mol. The van der Waals surface area contributed by atoms with Gasteiger partial charge in [-0.15, -0.1) is 11.3 Å². The molecule has 2 N–H and O–H groups in total. The second-order valence-electron chi connectivity index (χ2n) is 6.84. The van der Waals surface area contributed by atoms with E-state index in [0.29, 0.717) is 25.9 Å². The molecule has 3 atom stereocenters. The Bertz CT molecular complexity index is 782. The number of hydrogen-bond donors (Lipinski definition) is 2. The summed E-state index contributed by atoms with van der Waals surface area (Å²) in [6.07, 6.45) is 1.51. The Kier molecular flexibility index (Phi) is 6.34. The molecule has 2 aromatic rings. The largest absolute Gasteiger partial charge is 0.481 e. The van der Waals surface area contributed by atoms with Crippen molar-refractivity contribution >= 4 is 23.3 Å². The lowest BCUT2D eigenvalue weighted by atomic mass is 9.83. The summed E-state index contributed by atoms with van der Waals surface area (Å²) in [5.41, 5.74) is 1.99. The van der Waals surface area contributed by atoms with Gasteiger partial charge in [-0.2, -0.15) is 0 Å². The van der Waals surface area contributed by atoms with Crippen molar-refractivity contribution in [3.05, 3.63) is 35.3 Å². The molecule has 1 aliphatic carbocycles. The third-order valence-corrected chi connectivity index (χ3v) is 6.01. The summed E-state index contributed by atoms with van der Waals surface area (Å²) in [4.78, 5) is 24.2. The number of thiophene rings is 1. The van der Waals surface area contributed by atoms with E-state index in [0.717, 1.165) is 22.7 Å². The molecule has 7 heteroatoms. The van der Waals surface area contributed by atoms with Gasteiger partial charge >= 0.3 is 11.9 Å². The number of aromatic nitrogens is 1. The van der Waals surface area contributed by atoms with E-state index in [1.165, 1.54) is 0 Å². The summed E-state index contributed by atoms with van der Waals surface area (Å²) in [7, 11) is 0. The molecule has 0 spiro atoms. The van der Waals surface area contributed by atoms with Crippen LogP contribution in [0.1, 0.15) is 44.3 Å². The number of carbonyl (C=O) groups is 2. The van der Waals surface area contributed by atoms with Crippen LogP contribution in [0.15, 0.2) is 29.6 Å². The van der Waals surface area contributed by atoms with Gasteiger partial charge in [0.15, 0.2) is 0 Å². The Morgan fingerprint density at radius 1 is 1.30 bits per heavy atom. The maximum absolute atomic E-state index is 12.0. The topological polar surface area (TPSA) is 88.8 Å². The first kappa shape index (κ1) is 19.6. The van der Waals surface area contributed by atoms with E-state index in [4.69, 9.17) is 9.84 Å². The van der Waals surface area contributed by atoms with Gasteiger partial charge in [0.2, 0.25) is 0 Å². The highest BCUT2D eigenvalue weighted by atomic mass is 32.1. The van der Waals surface area contributed by atoms with Gasteiger partial charge in [0, 0.05) is 11.7 Å². The highest BCUT2D eigenvalue weighted by molar-refractivity contribution is 7.13. The number of aryl methyl sites for hydroxylation is 1. The molecule has 146 valence electrons. The summed E-state index contributed by atoms with van der Waals surface area (Å²) in [5, 5.41) is 21.6. The number of carboxylic acid groups (broad SMARTS) is 1. The van der Waals surface area contributed by atoms with E-state index in [9.17, 15) is 14.7 Å². The summed E-state index contributed by atoms with van der Waals surface area (Å²) < 4.78 is 7.25. The highest BCUT2D eigenvalue weighted by Crippen LogP contribution is 2.39. The third kappa shape index (κ3) is 4.42. The maximum Gasteiger partial charge on any atom is 0.311 e. The molecular formula is C20H25NO5S. The van der Waals surface area contributed by atoms with Gasteiger partial charge in [-0.3, -0.25) is 9.59 Å². The summed E-state index contributed by atoms with van der Waals surface area (Å²) >= 11 is 1.63. The number of aliphatic hydroxyl groups excluding tert-OH is 1. The number of aliphatic carboxylic acids is 1. The summed E-state index contributed by atoms with van der Waals surface area (Å²) in [6, 6.07) is 8.05. The van der Waals surface area contributed by atoms with Crippen molar-refractivity contribution in [2.24, 2.45) is 5.92 Å². The van der Waals surface area contributed by atoms with E-state index in [2.05, 4.69) is 4.57 Å². The molecule has 0 aliphatic heterocycles. The van der Waals surface area contributed by atoms with E-state index < -0.39 is 18.0 Å². The van der Waals surface area contributed by atoms with Crippen LogP contribution < -0.4 is 0 Å². The average Bonchev–Trinajstić information content (AvgIpc) is 3.29. The zero-order valence-corrected chi connectivity index (χ0v) is 16.2.